The van der Waals surface area contributed by atoms with Crippen LogP contribution in [0.25, 0.3) is 12.2 Å². The van der Waals surface area contributed by atoms with E-state index in [1.165, 1.54) is 26.4 Å². The average Bonchev–Trinajstić information content (AvgIpc) is 3.28. The predicted octanol–water partition coefficient (Wildman–Crippen LogP) is 8.36. The molecular weight excluding hydrogens is 777 g/mol. The van der Waals surface area contributed by atoms with Crippen LogP contribution < -0.4 is 20.9 Å². The molecule has 4 rings (SSSR count). The number of unbranched alkanes of at least 4 members (excludes halogenated alkanes) is 6. The molecular formula is C49H58N2O10. The van der Waals surface area contributed by atoms with Crippen molar-refractivity contribution in [2.75, 3.05) is 52.1 Å². The lowest BCUT2D eigenvalue weighted by Crippen LogP contribution is -2.46. The Bertz CT molecular complexity index is 1860. The minimum absolute atomic E-state index is 0.0646. The number of methoxy groups -OCH3 is 2. The Hall–Kier alpha value is -6.56. The molecule has 324 valence electrons. The van der Waals surface area contributed by atoms with E-state index in [0.29, 0.717) is 37.4 Å². The second-order valence-electron chi connectivity index (χ2n) is 14.6. The molecule has 4 aromatic rings. The SMILES string of the molecule is COC(=O)/C=C/c1ccc(OCCCCCCOC(=O)C(Cc2ccc(N)cc2)(Cc2ccc(N)cc2)C(=O)OCCCCCCOc2ccc(/C=C/C(=O)OC)cc2)cc1. The van der Waals surface area contributed by atoms with Gasteiger partial charge in [0.2, 0.25) is 0 Å². The zero-order chi connectivity index (χ0) is 43.7. The minimum Gasteiger partial charge on any atom is -0.494 e. The fourth-order valence-electron chi connectivity index (χ4n) is 6.32. The number of carbonyl (C=O) groups is 4. The Balaban J connectivity index is 1.28. The largest absolute Gasteiger partial charge is 0.494 e. The van der Waals surface area contributed by atoms with Crippen molar-refractivity contribution in [3.8, 4) is 11.5 Å². The highest BCUT2D eigenvalue weighted by molar-refractivity contribution is 6.01. The standard InChI is InChI=1S/C49H58N2O10/c1-56-45(52)29-19-37-15-25-43(26-16-37)58-31-7-3-5-9-33-60-47(54)49(35-39-11-21-41(50)22-12-39,36-40-13-23-42(51)24-14-40)48(55)61-34-10-6-4-8-32-59-44-27-17-38(18-28-44)20-30-46(53)57-2/h11-30H,3-10,31-36,50-51H2,1-2H3/b29-19+,30-20+. The molecule has 0 aliphatic heterocycles. The van der Waals surface area contributed by atoms with Crippen LogP contribution in [0, 0.1) is 5.41 Å². The van der Waals surface area contributed by atoms with Crippen LogP contribution >= 0.6 is 0 Å². The van der Waals surface area contributed by atoms with Crippen molar-refractivity contribution in [3.63, 3.8) is 0 Å². The van der Waals surface area contributed by atoms with E-state index >= 15 is 0 Å². The topological polar surface area (TPSA) is 176 Å². The second kappa shape index (κ2) is 25.8. The van der Waals surface area contributed by atoms with E-state index in [1.54, 1.807) is 36.4 Å². The van der Waals surface area contributed by atoms with Crippen LogP contribution in [0.1, 0.15) is 73.6 Å². The maximum absolute atomic E-state index is 14.2. The van der Waals surface area contributed by atoms with Gasteiger partial charge in [-0.3, -0.25) is 9.59 Å². The van der Waals surface area contributed by atoms with E-state index in [1.807, 2.05) is 72.8 Å². The number of hydrogen-bond acceptors (Lipinski definition) is 12. The predicted molar refractivity (Wildman–Crippen MR) is 236 cm³/mol. The lowest BCUT2D eigenvalue weighted by Gasteiger charge is -2.30. The third-order valence-electron chi connectivity index (χ3n) is 9.82. The summed E-state index contributed by atoms with van der Waals surface area (Å²) in [5.74, 6) is -0.646. The Labute approximate surface area is 358 Å². The van der Waals surface area contributed by atoms with Crippen LogP contribution in [0.4, 0.5) is 11.4 Å². The van der Waals surface area contributed by atoms with Gasteiger partial charge in [0.05, 0.1) is 40.6 Å². The van der Waals surface area contributed by atoms with Crippen molar-refractivity contribution in [1.29, 1.82) is 0 Å². The van der Waals surface area contributed by atoms with Gasteiger partial charge in [0.15, 0.2) is 5.41 Å². The zero-order valence-corrected chi connectivity index (χ0v) is 35.2. The van der Waals surface area contributed by atoms with Gasteiger partial charge in [0.25, 0.3) is 0 Å². The van der Waals surface area contributed by atoms with Crippen LogP contribution in [-0.4, -0.2) is 64.5 Å². The zero-order valence-electron chi connectivity index (χ0n) is 35.2. The molecule has 4 N–H and O–H groups in total. The summed E-state index contributed by atoms with van der Waals surface area (Å²) in [6.45, 7) is 1.35. The lowest BCUT2D eigenvalue weighted by molar-refractivity contribution is -0.173. The smallest absolute Gasteiger partial charge is 0.330 e. The first kappa shape index (κ1) is 47.1. The Morgan fingerprint density at radius 2 is 0.820 bits per heavy atom. The van der Waals surface area contributed by atoms with E-state index in [0.717, 1.165) is 72.3 Å². The fraction of sp³-hybridized carbons (Fsp3) is 0.347. The highest BCUT2D eigenvalue weighted by Crippen LogP contribution is 2.33. The van der Waals surface area contributed by atoms with Crippen molar-refractivity contribution in [3.05, 3.63) is 131 Å². The van der Waals surface area contributed by atoms with E-state index < -0.39 is 29.3 Å². The number of nitrogens with two attached hydrogens (primary N) is 2. The summed E-state index contributed by atoms with van der Waals surface area (Å²) in [5, 5.41) is 0. The average molecular weight is 835 g/mol. The number of nitrogen functional groups attached to an aromatic ring is 2. The fourth-order valence-corrected chi connectivity index (χ4v) is 6.32. The summed E-state index contributed by atoms with van der Waals surface area (Å²) < 4.78 is 32.8. The normalized spacial score (nSPS) is 11.3. The lowest BCUT2D eigenvalue weighted by atomic mass is 9.76. The first-order valence-electron chi connectivity index (χ1n) is 20.6. The van der Waals surface area contributed by atoms with Gasteiger partial charge < -0.3 is 39.9 Å². The van der Waals surface area contributed by atoms with Crippen LogP contribution in [0.5, 0.6) is 11.5 Å². The molecule has 0 saturated heterocycles. The molecule has 0 atom stereocenters. The molecule has 0 aliphatic rings. The number of esters is 4. The summed E-state index contributed by atoms with van der Waals surface area (Å²) in [7, 11) is 2.67. The summed E-state index contributed by atoms with van der Waals surface area (Å²) in [6.07, 6.45) is 12.4. The third-order valence-corrected chi connectivity index (χ3v) is 9.82. The molecule has 0 bridgehead atoms. The molecule has 61 heavy (non-hydrogen) atoms. The van der Waals surface area contributed by atoms with E-state index in [9.17, 15) is 19.2 Å². The Morgan fingerprint density at radius 1 is 0.475 bits per heavy atom. The third kappa shape index (κ3) is 16.9. The van der Waals surface area contributed by atoms with Crippen LogP contribution in [0.3, 0.4) is 0 Å². The van der Waals surface area contributed by atoms with Crippen LogP contribution in [-0.2, 0) is 51.0 Å². The van der Waals surface area contributed by atoms with Gasteiger partial charge in [0.1, 0.15) is 11.5 Å². The van der Waals surface area contributed by atoms with E-state index in [2.05, 4.69) is 9.47 Å². The first-order chi connectivity index (χ1) is 29.6. The molecule has 0 aromatic heterocycles. The van der Waals surface area contributed by atoms with Crippen LogP contribution in [0.15, 0.2) is 109 Å². The molecule has 0 radical (unpaired) electrons. The van der Waals surface area contributed by atoms with Gasteiger partial charge >= 0.3 is 23.9 Å². The highest BCUT2D eigenvalue weighted by Gasteiger charge is 2.49. The van der Waals surface area contributed by atoms with Crippen molar-refractivity contribution >= 4 is 47.4 Å². The van der Waals surface area contributed by atoms with Crippen molar-refractivity contribution < 1.29 is 47.6 Å². The molecule has 0 fully saturated rings. The van der Waals surface area contributed by atoms with E-state index in [-0.39, 0.29) is 26.1 Å². The molecule has 0 aliphatic carbocycles. The molecule has 0 spiro atoms. The van der Waals surface area contributed by atoms with Crippen molar-refractivity contribution in [2.45, 2.75) is 64.2 Å². The number of hydrogen-bond donors (Lipinski definition) is 2. The quantitative estimate of drug-likeness (QED) is 0.0155. The van der Waals surface area contributed by atoms with E-state index in [4.69, 9.17) is 30.4 Å². The second-order valence-corrected chi connectivity index (χ2v) is 14.6. The van der Waals surface area contributed by atoms with Crippen LogP contribution in [0.2, 0.25) is 0 Å². The minimum atomic E-state index is -1.65. The van der Waals surface area contributed by atoms with Gasteiger partial charge in [-0.2, -0.15) is 0 Å². The molecule has 4 aromatic carbocycles. The van der Waals surface area contributed by atoms with Gasteiger partial charge in [-0.1, -0.05) is 48.5 Å². The molecule has 12 nitrogen and oxygen atoms in total. The van der Waals surface area contributed by atoms with Crippen molar-refractivity contribution in [2.24, 2.45) is 5.41 Å². The molecule has 0 saturated carbocycles. The first-order valence-corrected chi connectivity index (χ1v) is 20.6. The van der Waals surface area contributed by atoms with Crippen molar-refractivity contribution in [1.82, 2.24) is 0 Å². The van der Waals surface area contributed by atoms with Gasteiger partial charge in [0, 0.05) is 23.5 Å². The Morgan fingerprint density at radius 3 is 1.16 bits per heavy atom. The Kier molecular flexibility index (Phi) is 19.9. The van der Waals surface area contributed by atoms with Gasteiger partial charge in [-0.05, 0) is 147 Å². The summed E-state index contributed by atoms with van der Waals surface area (Å²) in [4.78, 5) is 51.1. The number of benzene rings is 4. The molecule has 12 heteroatoms. The summed E-state index contributed by atoms with van der Waals surface area (Å²) in [6, 6.07) is 29.0. The molecule has 0 unspecified atom stereocenters. The molecule has 0 amide bonds. The monoisotopic (exact) mass is 834 g/mol. The number of anilines is 2. The molecule has 0 heterocycles. The number of carbonyl (C=O) groups excluding carboxylic acids is 4. The summed E-state index contributed by atoms with van der Waals surface area (Å²) >= 11 is 0. The highest BCUT2D eigenvalue weighted by atomic mass is 16.6. The number of ether oxygens (including phenoxy) is 6. The summed E-state index contributed by atoms with van der Waals surface area (Å²) in [5.41, 5.74) is 14.6. The van der Waals surface area contributed by atoms with Gasteiger partial charge in [-0.25, -0.2) is 9.59 Å². The van der Waals surface area contributed by atoms with Gasteiger partial charge in [-0.15, -0.1) is 0 Å². The number of rotatable bonds is 26. The maximum Gasteiger partial charge on any atom is 0.330 e. The maximum atomic E-state index is 14.2.